The molecule has 1 aliphatic rings. The van der Waals surface area contributed by atoms with Gasteiger partial charge in [0.1, 0.15) is 5.82 Å². The summed E-state index contributed by atoms with van der Waals surface area (Å²) in [7, 11) is 0. The van der Waals surface area contributed by atoms with Crippen molar-refractivity contribution in [3.05, 3.63) is 47.5 Å². The molecule has 1 unspecified atom stereocenters. The van der Waals surface area contributed by atoms with Gasteiger partial charge < -0.3 is 16.0 Å². The Balaban J connectivity index is 1.74. The number of nitrogens with two attached hydrogens (primary N) is 1. The predicted molar refractivity (Wildman–Crippen MR) is 99.0 cm³/mol. The molecule has 2 aromatic rings. The number of carbonyl (C=O) groups excluding carboxylic acids is 2. The summed E-state index contributed by atoms with van der Waals surface area (Å²) in [6, 6.07) is 5.94. The number of aromatic nitrogens is 2. The zero-order chi connectivity index (χ0) is 19.4. The molecule has 2 amide bonds. The molecule has 0 spiro atoms. The van der Waals surface area contributed by atoms with E-state index in [0.717, 1.165) is 12.8 Å². The molecule has 144 valence electrons. The topological polar surface area (TPSA) is 93.2 Å². The lowest BCUT2D eigenvalue weighted by molar-refractivity contribution is -0.126. The number of nitrogens with zero attached hydrogens (tertiary/aromatic N) is 3. The number of hydrogen-bond acceptors (Lipinski definition) is 4. The van der Waals surface area contributed by atoms with Crippen LogP contribution >= 0.6 is 0 Å². The van der Waals surface area contributed by atoms with E-state index in [1.54, 1.807) is 28.6 Å². The summed E-state index contributed by atoms with van der Waals surface area (Å²) < 4.78 is 14.7. The van der Waals surface area contributed by atoms with Crippen molar-refractivity contribution in [1.82, 2.24) is 20.0 Å². The van der Waals surface area contributed by atoms with Gasteiger partial charge in [-0.1, -0.05) is 0 Å². The standard InChI is InChI=1S/C19H24FN5O2/c1-13-17(11-23-25(13)16-6-4-15(20)5-7-16)19(27)24-10-2-3-14(12-24)18(26)22-9-8-21/h4-7,11,14H,2-3,8-10,12,21H2,1H3,(H,22,26). The molecule has 1 saturated heterocycles. The number of piperidine rings is 1. The maximum atomic E-state index is 13.1. The van der Waals surface area contributed by atoms with Crippen LogP contribution in [-0.2, 0) is 4.79 Å². The average molecular weight is 373 g/mol. The molecule has 1 aliphatic heterocycles. The van der Waals surface area contributed by atoms with Crippen molar-refractivity contribution < 1.29 is 14.0 Å². The van der Waals surface area contributed by atoms with Crippen LogP contribution in [0.3, 0.4) is 0 Å². The minimum Gasteiger partial charge on any atom is -0.355 e. The van der Waals surface area contributed by atoms with E-state index in [-0.39, 0.29) is 23.5 Å². The molecule has 8 heteroatoms. The van der Waals surface area contributed by atoms with Gasteiger partial charge in [-0.3, -0.25) is 9.59 Å². The van der Waals surface area contributed by atoms with E-state index in [0.29, 0.717) is 43.1 Å². The van der Waals surface area contributed by atoms with Gasteiger partial charge in [-0.15, -0.1) is 0 Å². The predicted octanol–water partition coefficient (Wildman–Crippen LogP) is 1.25. The smallest absolute Gasteiger partial charge is 0.257 e. The number of halogens is 1. The highest BCUT2D eigenvalue weighted by Gasteiger charge is 2.30. The van der Waals surface area contributed by atoms with E-state index in [4.69, 9.17) is 5.73 Å². The molecule has 1 fully saturated rings. The minimum atomic E-state index is -0.327. The van der Waals surface area contributed by atoms with Crippen molar-refractivity contribution in [2.24, 2.45) is 11.7 Å². The minimum absolute atomic E-state index is 0.0586. The van der Waals surface area contributed by atoms with E-state index < -0.39 is 0 Å². The lowest BCUT2D eigenvalue weighted by Crippen LogP contribution is -2.46. The Labute approximate surface area is 157 Å². The average Bonchev–Trinajstić information content (AvgIpc) is 3.07. The zero-order valence-corrected chi connectivity index (χ0v) is 15.3. The summed E-state index contributed by atoms with van der Waals surface area (Å²) in [5.41, 5.74) is 7.28. The van der Waals surface area contributed by atoms with Crippen molar-refractivity contribution in [1.29, 1.82) is 0 Å². The Bertz CT molecular complexity index is 818. The lowest BCUT2D eigenvalue weighted by atomic mass is 9.96. The van der Waals surface area contributed by atoms with Gasteiger partial charge in [0.15, 0.2) is 0 Å². The number of amides is 2. The summed E-state index contributed by atoms with van der Waals surface area (Å²) in [6.07, 6.45) is 3.06. The Kier molecular flexibility index (Phi) is 5.85. The molecule has 0 aliphatic carbocycles. The molecule has 27 heavy (non-hydrogen) atoms. The first-order chi connectivity index (χ1) is 13.0. The Morgan fingerprint density at radius 3 is 2.78 bits per heavy atom. The van der Waals surface area contributed by atoms with Crippen molar-refractivity contribution in [3.63, 3.8) is 0 Å². The zero-order valence-electron chi connectivity index (χ0n) is 15.3. The number of nitrogens with one attached hydrogen (secondary N) is 1. The van der Waals surface area contributed by atoms with E-state index in [1.807, 2.05) is 0 Å². The maximum absolute atomic E-state index is 13.1. The van der Waals surface area contributed by atoms with Gasteiger partial charge in [0.05, 0.1) is 29.1 Å². The molecular weight excluding hydrogens is 349 g/mol. The third kappa shape index (κ3) is 4.16. The van der Waals surface area contributed by atoms with Crippen LogP contribution in [0, 0.1) is 18.7 Å². The summed E-state index contributed by atoms with van der Waals surface area (Å²) >= 11 is 0. The van der Waals surface area contributed by atoms with Crippen LogP contribution in [0.1, 0.15) is 28.9 Å². The van der Waals surface area contributed by atoms with Crippen molar-refractivity contribution >= 4 is 11.8 Å². The van der Waals surface area contributed by atoms with Gasteiger partial charge in [0.2, 0.25) is 5.91 Å². The number of hydrogen-bond donors (Lipinski definition) is 2. The maximum Gasteiger partial charge on any atom is 0.257 e. The second kappa shape index (κ2) is 8.30. The van der Waals surface area contributed by atoms with E-state index in [1.165, 1.54) is 18.3 Å². The first kappa shape index (κ1) is 19.0. The third-order valence-electron chi connectivity index (χ3n) is 4.83. The normalized spacial score (nSPS) is 17.0. The fourth-order valence-corrected chi connectivity index (χ4v) is 3.35. The summed E-state index contributed by atoms with van der Waals surface area (Å²) in [4.78, 5) is 26.9. The van der Waals surface area contributed by atoms with Crippen LogP contribution in [0.2, 0.25) is 0 Å². The fraction of sp³-hybridized carbons (Fsp3) is 0.421. The van der Waals surface area contributed by atoms with E-state index in [9.17, 15) is 14.0 Å². The van der Waals surface area contributed by atoms with Gasteiger partial charge >= 0.3 is 0 Å². The number of benzene rings is 1. The quantitative estimate of drug-likeness (QED) is 0.825. The summed E-state index contributed by atoms with van der Waals surface area (Å²) in [5, 5.41) is 7.07. The molecular formula is C19H24FN5O2. The molecule has 1 aromatic carbocycles. The summed E-state index contributed by atoms with van der Waals surface area (Å²) in [6.45, 7) is 3.63. The first-order valence-electron chi connectivity index (χ1n) is 9.09. The number of carbonyl (C=O) groups is 2. The Morgan fingerprint density at radius 2 is 2.07 bits per heavy atom. The molecule has 3 rings (SSSR count). The molecule has 3 N–H and O–H groups in total. The molecule has 1 aromatic heterocycles. The first-order valence-corrected chi connectivity index (χ1v) is 9.09. The Hall–Kier alpha value is -2.74. The van der Waals surface area contributed by atoms with Crippen molar-refractivity contribution in [2.45, 2.75) is 19.8 Å². The molecule has 1 atom stereocenters. The van der Waals surface area contributed by atoms with Crippen LogP contribution in [0.4, 0.5) is 4.39 Å². The lowest BCUT2D eigenvalue weighted by Gasteiger charge is -2.32. The van der Waals surface area contributed by atoms with E-state index >= 15 is 0 Å². The third-order valence-corrected chi connectivity index (χ3v) is 4.83. The van der Waals surface area contributed by atoms with Gasteiger partial charge in [-0.05, 0) is 44.0 Å². The van der Waals surface area contributed by atoms with Crippen LogP contribution < -0.4 is 11.1 Å². The highest BCUT2D eigenvalue weighted by molar-refractivity contribution is 5.95. The second-order valence-electron chi connectivity index (χ2n) is 6.70. The van der Waals surface area contributed by atoms with E-state index in [2.05, 4.69) is 10.4 Å². The molecule has 0 saturated carbocycles. The van der Waals surface area contributed by atoms with Crippen molar-refractivity contribution in [3.8, 4) is 5.69 Å². The molecule has 0 bridgehead atoms. The van der Waals surface area contributed by atoms with Crippen LogP contribution in [-0.4, -0.2) is 52.7 Å². The van der Waals surface area contributed by atoms with Crippen LogP contribution in [0.25, 0.3) is 5.69 Å². The van der Waals surface area contributed by atoms with Crippen LogP contribution in [0.15, 0.2) is 30.5 Å². The fourth-order valence-electron chi connectivity index (χ4n) is 3.35. The second-order valence-corrected chi connectivity index (χ2v) is 6.70. The highest BCUT2D eigenvalue weighted by atomic mass is 19.1. The summed E-state index contributed by atoms with van der Waals surface area (Å²) in [5.74, 6) is -0.748. The SMILES string of the molecule is Cc1c(C(=O)N2CCCC(C(=O)NCCN)C2)cnn1-c1ccc(F)cc1. The molecule has 7 nitrogen and oxygen atoms in total. The van der Waals surface area contributed by atoms with Crippen molar-refractivity contribution in [2.75, 3.05) is 26.2 Å². The van der Waals surface area contributed by atoms with Gasteiger partial charge in [0.25, 0.3) is 5.91 Å². The molecule has 0 radical (unpaired) electrons. The monoisotopic (exact) mass is 373 g/mol. The van der Waals surface area contributed by atoms with Gasteiger partial charge in [-0.25, -0.2) is 9.07 Å². The van der Waals surface area contributed by atoms with Gasteiger partial charge in [0, 0.05) is 26.2 Å². The molecule has 2 heterocycles. The highest BCUT2D eigenvalue weighted by Crippen LogP contribution is 2.21. The largest absolute Gasteiger partial charge is 0.355 e. The number of rotatable bonds is 5. The van der Waals surface area contributed by atoms with Crippen LogP contribution in [0.5, 0.6) is 0 Å². The number of likely N-dealkylation sites (tertiary alicyclic amines) is 1. The van der Waals surface area contributed by atoms with Gasteiger partial charge in [-0.2, -0.15) is 5.10 Å². The Morgan fingerprint density at radius 1 is 1.33 bits per heavy atom.